The van der Waals surface area contributed by atoms with Crippen LogP contribution in [0, 0.1) is 0 Å². The third-order valence-corrected chi connectivity index (χ3v) is 6.26. The maximum absolute atomic E-state index is 10.9. The Hall–Kier alpha value is -3.03. The van der Waals surface area contributed by atoms with Crippen LogP contribution in [0.4, 0.5) is 0 Å². The fourth-order valence-corrected chi connectivity index (χ4v) is 4.56. The fraction of sp³-hybridized carbons (Fsp3) is 0.269. The van der Waals surface area contributed by atoms with Crippen molar-refractivity contribution in [2.24, 2.45) is 4.99 Å². The summed E-state index contributed by atoms with van der Waals surface area (Å²) in [5, 5.41) is 14.5. The van der Waals surface area contributed by atoms with Gasteiger partial charge in [0.2, 0.25) is 0 Å². The number of phenolic OH excluding ortho intramolecular Hbond substituents is 1. The van der Waals surface area contributed by atoms with Crippen molar-refractivity contribution in [3.05, 3.63) is 81.8 Å². The molecule has 4 rings (SSSR count). The summed E-state index contributed by atoms with van der Waals surface area (Å²) >= 11 is 3.58. The van der Waals surface area contributed by atoms with Crippen molar-refractivity contribution in [1.29, 1.82) is 0 Å². The average Bonchev–Trinajstić information content (AvgIpc) is 2.85. The van der Waals surface area contributed by atoms with E-state index >= 15 is 0 Å². The van der Waals surface area contributed by atoms with E-state index in [0.717, 1.165) is 38.4 Å². The predicted molar refractivity (Wildman–Crippen MR) is 133 cm³/mol. The number of aromatic hydroxyl groups is 1. The third kappa shape index (κ3) is 4.99. The molecule has 7 heteroatoms. The summed E-state index contributed by atoms with van der Waals surface area (Å²) in [6, 6.07) is 19.2. The van der Waals surface area contributed by atoms with E-state index in [1.54, 1.807) is 20.3 Å². The van der Waals surface area contributed by atoms with Crippen molar-refractivity contribution in [3.8, 4) is 23.0 Å². The molecule has 6 nitrogen and oxygen atoms in total. The van der Waals surface area contributed by atoms with Gasteiger partial charge in [-0.05, 0) is 64.3 Å². The van der Waals surface area contributed by atoms with Crippen LogP contribution in [0.3, 0.4) is 0 Å². The Morgan fingerprint density at radius 1 is 1.03 bits per heavy atom. The number of benzene rings is 3. The van der Waals surface area contributed by atoms with E-state index in [9.17, 15) is 5.11 Å². The summed E-state index contributed by atoms with van der Waals surface area (Å²) in [6.45, 7) is 2.38. The van der Waals surface area contributed by atoms with Crippen LogP contribution in [0.15, 0.2) is 70.1 Å². The molecule has 1 aliphatic rings. The van der Waals surface area contributed by atoms with Gasteiger partial charge in [0.15, 0.2) is 11.5 Å². The molecule has 2 atom stereocenters. The van der Waals surface area contributed by atoms with E-state index in [2.05, 4.69) is 21.2 Å². The second-order valence-corrected chi connectivity index (χ2v) is 8.51. The molecule has 0 amide bonds. The quantitative estimate of drug-likeness (QED) is 0.420. The van der Waals surface area contributed by atoms with Crippen molar-refractivity contribution in [3.63, 3.8) is 0 Å². The van der Waals surface area contributed by atoms with Gasteiger partial charge in [0.25, 0.3) is 0 Å². The van der Waals surface area contributed by atoms with Crippen molar-refractivity contribution in [1.82, 2.24) is 5.32 Å². The highest BCUT2D eigenvalue weighted by molar-refractivity contribution is 9.10. The number of rotatable bonds is 7. The van der Waals surface area contributed by atoms with Gasteiger partial charge in [0.05, 0.1) is 25.3 Å². The molecular weight excluding hydrogens is 484 g/mol. The molecule has 0 spiro atoms. The van der Waals surface area contributed by atoms with Crippen LogP contribution in [0.1, 0.15) is 42.2 Å². The standard InChI is InChI=1S/C26H27BrN2O4/c1-4-33-24-10-6-9-19(25(24)30)22-15-21(16-7-5-8-18(13-16)31-2)28-26(29-22)17-11-12-23(32-3)20(27)14-17/h5-14,22,26,29-30H,4,15H2,1-3H3/t22-,26+/m1/s1. The van der Waals surface area contributed by atoms with Gasteiger partial charge in [-0.2, -0.15) is 0 Å². The first-order valence-electron chi connectivity index (χ1n) is 10.8. The van der Waals surface area contributed by atoms with Crippen LogP contribution in [0.25, 0.3) is 0 Å². The van der Waals surface area contributed by atoms with Gasteiger partial charge < -0.3 is 19.3 Å². The summed E-state index contributed by atoms with van der Waals surface area (Å²) in [5.74, 6) is 2.16. The molecular formula is C26H27BrN2O4. The molecule has 0 radical (unpaired) electrons. The second-order valence-electron chi connectivity index (χ2n) is 7.65. The summed E-state index contributed by atoms with van der Waals surface area (Å²) in [6.07, 6.45) is 0.284. The lowest BCUT2D eigenvalue weighted by molar-refractivity contribution is 0.313. The zero-order valence-corrected chi connectivity index (χ0v) is 20.4. The summed E-state index contributed by atoms with van der Waals surface area (Å²) < 4.78 is 17.3. The van der Waals surface area contributed by atoms with E-state index in [1.165, 1.54) is 0 Å². The number of nitrogens with one attached hydrogen (secondary N) is 1. The number of halogens is 1. The molecule has 0 aliphatic carbocycles. The molecule has 0 fully saturated rings. The predicted octanol–water partition coefficient (Wildman–Crippen LogP) is 5.79. The van der Waals surface area contributed by atoms with E-state index in [1.807, 2.05) is 61.5 Å². The lowest BCUT2D eigenvalue weighted by atomic mass is 9.93. The molecule has 2 N–H and O–H groups in total. The zero-order valence-electron chi connectivity index (χ0n) is 18.8. The van der Waals surface area contributed by atoms with Crippen LogP contribution in [-0.4, -0.2) is 31.6 Å². The number of nitrogens with zero attached hydrogens (tertiary/aromatic N) is 1. The first kappa shape index (κ1) is 23.1. The van der Waals surface area contributed by atoms with Gasteiger partial charge in [-0.25, -0.2) is 0 Å². The van der Waals surface area contributed by atoms with Crippen molar-refractivity contribution < 1.29 is 19.3 Å². The Bertz CT molecular complexity index is 1160. The van der Waals surface area contributed by atoms with Crippen LogP contribution < -0.4 is 19.5 Å². The van der Waals surface area contributed by atoms with Crippen LogP contribution >= 0.6 is 15.9 Å². The minimum absolute atomic E-state index is 0.151. The molecule has 0 bridgehead atoms. The van der Waals surface area contributed by atoms with Gasteiger partial charge in [-0.15, -0.1) is 0 Å². The minimum Gasteiger partial charge on any atom is -0.504 e. The Morgan fingerprint density at radius 2 is 1.85 bits per heavy atom. The maximum Gasteiger partial charge on any atom is 0.162 e. The van der Waals surface area contributed by atoms with Crippen LogP contribution in [0.5, 0.6) is 23.0 Å². The van der Waals surface area contributed by atoms with Gasteiger partial charge in [0, 0.05) is 23.7 Å². The molecule has 0 aromatic heterocycles. The van der Waals surface area contributed by atoms with Gasteiger partial charge >= 0.3 is 0 Å². The zero-order chi connectivity index (χ0) is 23.4. The average molecular weight is 511 g/mol. The van der Waals surface area contributed by atoms with E-state index in [4.69, 9.17) is 19.2 Å². The molecule has 172 valence electrons. The van der Waals surface area contributed by atoms with Gasteiger partial charge in [-0.1, -0.05) is 30.3 Å². The topological polar surface area (TPSA) is 72.3 Å². The Labute approximate surface area is 202 Å². The molecule has 0 unspecified atom stereocenters. The highest BCUT2D eigenvalue weighted by atomic mass is 79.9. The largest absolute Gasteiger partial charge is 0.504 e. The van der Waals surface area contributed by atoms with E-state index in [-0.39, 0.29) is 18.0 Å². The summed E-state index contributed by atoms with van der Waals surface area (Å²) in [7, 11) is 3.29. The maximum atomic E-state index is 10.9. The minimum atomic E-state index is -0.317. The normalized spacial score (nSPS) is 17.9. The second kappa shape index (κ2) is 10.3. The number of methoxy groups -OCH3 is 2. The highest BCUT2D eigenvalue weighted by Crippen LogP contribution is 2.39. The first-order chi connectivity index (χ1) is 16.0. The van der Waals surface area contributed by atoms with Crippen LogP contribution in [-0.2, 0) is 0 Å². The van der Waals surface area contributed by atoms with Crippen molar-refractivity contribution in [2.45, 2.75) is 25.6 Å². The highest BCUT2D eigenvalue weighted by Gasteiger charge is 2.29. The molecule has 3 aromatic carbocycles. The summed E-state index contributed by atoms with van der Waals surface area (Å²) in [5.41, 5.74) is 3.66. The Morgan fingerprint density at radius 3 is 2.58 bits per heavy atom. The number of ether oxygens (including phenoxy) is 3. The Kier molecular flexibility index (Phi) is 7.20. The van der Waals surface area contributed by atoms with Crippen molar-refractivity contribution >= 4 is 21.6 Å². The SMILES string of the molecule is CCOc1cccc([C@H]2CC(c3cccc(OC)c3)=N[C@H](c3ccc(OC)c(Br)c3)N2)c1O. The lowest BCUT2D eigenvalue weighted by Gasteiger charge is -2.31. The van der Waals surface area contributed by atoms with E-state index in [0.29, 0.717) is 18.8 Å². The Balaban J connectivity index is 1.77. The number of phenols is 1. The lowest BCUT2D eigenvalue weighted by Crippen LogP contribution is -2.33. The first-order valence-corrected chi connectivity index (χ1v) is 11.6. The number of para-hydroxylation sites is 1. The third-order valence-electron chi connectivity index (χ3n) is 5.64. The van der Waals surface area contributed by atoms with Gasteiger partial charge in [-0.3, -0.25) is 10.3 Å². The smallest absolute Gasteiger partial charge is 0.162 e. The van der Waals surface area contributed by atoms with Crippen LogP contribution in [0.2, 0.25) is 0 Å². The van der Waals surface area contributed by atoms with E-state index < -0.39 is 0 Å². The number of hydrogen-bond acceptors (Lipinski definition) is 6. The summed E-state index contributed by atoms with van der Waals surface area (Å²) in [4.78, 5) is 5.03. The monoisotopic (exact) mass is 510 g/mol. The molecule has 0 saturated heterocycles. The van der Waals surface area contributed by atoms with Gasteiger partial charge in [0.1, 0.15) is 17.7 Å². The van der Waals surface area contributed by atoms with Crippen molar-refractivity contribution in [2.75, 3.05) is 20.8 Å². The molecule has 0 saturated carbocycles. The molecule has 33 heavy (non-hydrogen) atoms. The number of aliphatic imine (C=N–C) groups is 1. The molecule has 3 aromatic rings. The molecule has 1 heterocycles. The fourth-order valence-electron chi connectivity index (χ4n) is 4.00. The number of hydrogen-bond donors (Lipinski definition) is 2. The molecule has 1 aliphatic heterocycles.